The Balaban J connectivity index is 3.22. The first-order chi connectivity index (χ1) is 5.36. The fourth-order valence-corrected chi connectivity index (χ4v) is 2.08. The fraction of sp³-hybridized carbons (Fsp3) is 0.556. The summed E-state index contributed by atoms with van der Waals surface area (Å²) in [4.78, 5) is 22.2. The van der Waals surface area contributed by atoms with E-state index >= 15 is 0 Å². The van der Waals surface area contributed by atoms with Crippen molar-refractivity contribution in [2.75, 3.05) is 0 Å². The minimum Gasteiger partial charge on any atom is -0.295 e. The van der Waals surface area contributed by atoms with Gasteiger partial charge in [-0.2, -0.15) is 0 Å². The number of Topliss-reactive ketones (excluding diaryl/α,β-unsaturated/α-hetero) is 1. The molecule has 0 spiro atoms. The third-order valence-corrected chi connectivity index (χ3v) is 2.46. The second-order valence-electron chi connectivity index (χ2n) is 3.76. The van der Waals surface area contributed by atoms with Gasteiger partial charge in [-0.15, -0.1) is 0 Å². The van der Waals surface area contributed by atoms with Crippen molar-refractivity contribution >= 4 is 22.6 Å². The van der Waals surface area contributed by atoms with Crippen LogP contribution in [0.25, 0.3) is 0 Å². The summed E-state index contributed by atoms with van der Waals surface area (Å²) < 4.78 is 0. The second-order valence-corrected chi connectivity index (χ2v) is 4.10. The molecule has 66 valence electrons. The number of ketones is 1. The van der Waals surface area contributed by atoms with Crippen LogP contribution in [0, 0.1) is 5.41 Å². The van der Waals surface area contributed by atoms with Gasteiger partial charge in [0, 0.05) is 23.0 Å². The van der Waals surface area contributed by atoms with E-state index in [2.05, 4.69) is 0 Å². The number of allylic oxidation sites excluding steroid dienone is 2. The van der Waals surface area contributed by atoms with E-state index in [-0.39, 0.29) is 11.2 Å². The third-order valence-electron chi connectivity index (χ3n) is 2.27. The highest BCUT2D eigenvalue weighted by Gasteiger charge is 2.39. The summed E-state index contributed by atoms with van der Waals surface area (Å²) in [5.74, 6) is 0.0315. The minimum absolute atomic E-state index is 0.0315. The number of halogens is 1. The van der Waals surface area contributed by atoms with Gasteiger partial charge in [-0.05, 0) is 18.5 Å². The molecule has 2 nitrogen and oxygen atoms in total. The van der Waals surface area contributed by atoms with Gasteiger partial charge in [0.1, 0.15) is 0 Å². The highest BCUT2D eigenvalue weighted by molar-refractivity contribution is 6.68. The number of carbonyl (C=O) groups is 2. The largest absolute Gasteiger partial charge is 0.295 e. The molecule has 0 bridgehead atoms. The van der Waals surface area contributed by atoms with Crippen molar-refractivity contribution in [2.45, 2.75) is 27.2 Å². The van der Waals surface area contributed by atoms with E-state index in [1.54, 1.807) is 6.92 Å². The number of hydrogen-bond donors (Lipinski definition) is 0. The van der Waals surface area contributed by atoms with Crippen LogP contribution in [0.2, 0.25) is 0 Å². The molecule has 0 aromatic rings. The van der Waals surface area contributed by atoms with Gasteiger partial charge in [0.25, 0.3) is 0 Å². The van der Waals surface area contributed by atoms with Crippen molar-refractivity contribution in [2.24, 2.45) is 5.41 Å². The van der Waals surface area contributed by atoms with Gasteiger partial charge in [-0.25, -0.2) is 0 Å². The molecule has 0 aliphatic heterocycles. The van der Waals surface area contributed by atoms with Gasteiger partial charge in [-0.3, -0.25) is 9.59 Å². The first-order valence-corrected chi connectivity index (χ1v) is 4.18. The summed E-state index contributed by atoms with van der Waals surface area (Å²) in [6.07, 6.45) is 0.395. The Morgan fingerprint density at radius 3 is 2.17 bits per heavy atom. The molecular formula is C9H11ClO2. The van der Waals surface area contributed by atoms with Crippen LogP contribution in [0.15, 0.2) is 11.1 Å². The Hall–Kier alpha value is -0.630. The van der Waals surface area contributed by atoms with E-state index in [0.29, 0.717) is 17.6 Å². The molecule has 0 saturated heterocycles. The van der Waals surface area contributed by atoms with Gasteiger partial charge in [0.05, 0.1) is 0 Å². The maximum atomic E-state index is 11.2. The van der Waals surface area contributed by atoms with Crippen molar-refractivity contribution in [3.8, 4) is 0 Å². The van der Waals surface area contributed by atoms with Gasteiger partial charge in [0.15, 0.2) is 5.78 Å². The molecule has 0 fully saturated rings. The molecule has 1 aliphatic rings. The van der Waals surface area contributed by atoms with E-state index in [9.17, 15) is 9.59 Å². The Morgan fingerprint density at radius 1 is 1.50 bits per heavy atom. The molecule has 0 aromatic heterocycles. The first kappa shape index (κ1) is 9.46. The molecule has 1 aliphatic carbocycles. The van der Waals surface area contributed by atoms with Crippen molar-refractivity contribution in [3.05, 3.63) is 11.1 Å². The summed E-state index contributed by atoms with van der Waals surface area (Å²) in [6, 6.07) is 0. The maximum Gasteiger partial charge on any atom is 0.249 e. The minimum atomic E-state index is -0.497. The lowest BCUT2D eigenvalue weighted by Crippen LogP contribution is -2.15. The molecule has 0 heterocycles. The molecule has 0 amide bonds. The van der Waals surface area contributed by atoms with E-state index in [1.165, 1.54) is 0 Å². The van der Waals surface area contributed by atoms with E-state index < -0.39 is 5.24 Å². The molecule has 0 saturated carbocycles. The lowest BCUT2D eigenvalue weighted by Gasteiger charge is -2.18. The Labute approximate surface area is 76.6 Å². The number of carbonyl (C=O) groups excluding carboxylic acids is 2. The van der Waals surface area contributed by atoms with Gasteiger partial charge >= 0.3 is 0 Å². The second kappa shape index (κ2) is 2.70. The molecule has 0 unspecified atom stereocenters. The predicted molar refractivity (Wildman–Crippen MR) is 47.0 cm³/mol. The standard InChI is InChI=1S/C9H11ClO2/c1-5-6(11)4-9(2,3)7(5)8(10)12/h4H2,1-3H3. The average Bonchev–Trinajstić information content (AvgIpc) is 2.01. The third kappa shape index (κ3) is 1.31. The smallest absolute Gasteiger partial charge is 0.249 e. The lowest BCUT2D eigenvalue weighted by molar-refractivity contribution is -0.115. The van der Waals surface area contributed by atoms with Crippen LogP contribution in [0.5, 0.6) is 0 Å². The average molecular weight is 187 g/mol. The van der Waals surface area contributed by atoms with Gasteiger partial charge in [0.2, 0.25) is 5.24 Å². The van der Waals surface area contributed by atoms with Crippen LogP contribution >= 0.6 is 11.6 Å². The molecule has 0 atom stereocenters. The zero-order valence-corrected chi connectivity index (χ0v) is 8.16. The molecule has 0 N–H and O–H groups in total. The molecular weight excluding hydrogens is 176 g/mol. The van der Waals surface area contributed by atoms with Crippen molar-refractivity contribution in [3.63, 3.8) is 0 Å². The highest BCUT2D eigenvalue weighted by Crippen LogP contribution is 2.40. The van der Waals surface area contributed by atoms with Crippen molar-refractivity contribution < 1.29 is 9.59 Å². The molecule has 1 rings (SSSR count). The topological polar surface area (TPSA) is 34.1 Å². The van der Waals surface area contributed by atoms with Crippen LogP contribution < -0.4 is 0 Å². The van der Waals surface area contributed by atoms with Crippen LogP contribution in [0.3, 0.4) is 0 Å². The SMILES string of the molecule is CC1=C(C(=O)Cl)C(C)(C)CC1=O. The number of hydrogen-bond acceptors (Lipinski definition) is 2. The number of rotatable bonds is 1. The summed E-state index contributed by atoms with van der Waals surface area (Å²) in [5, 5.41) is -0.497. The van der Waals surface area contributed by atoms with E-state index in [4.69, 9.17) is 11.6 Å². The van der Waals surface area contributed by atoms with Crippen molar-refractivity contribution in [1.82, 2.24) is 0 Å². The van der Waals surface area contributed by atoms with E-state index in [0.717, 1.165) is 0 Å². The van der Waals surface area contributed by atoms with Crippen LogP contribution in [-0.4, -0.2) is 11.0 Å². The van der Waals surface area contributed by atoms with Crippen LogP contribution in [0.1, 0.15) is 27.2 Å². The zero-order chi connectivity index (χ0) is 9.52. The van der Waals surface area contributed by atoms with Crippen molar-refractivity contribution in [1.29, 1.82) is 0 Å². The van der Waals surface area contributed by atoms with Crippen LogP contribution in [-0.2, 0) is 9.59 Å². The summed E-state index contributed by atoms with van der Waals surface area (Å²) in [5.41, 5.74) is 0.633. The Kier molecular flexibility index (Phi) is 2.13. The van der Waals surface area contributed by atoms with Gasteiger partial charge < -0.3 is 0 Å². The zero-order valence-electron chi connectivity index (χ0n) is 7.40. The molecule has 0 aromatic carbocycles. The summed E-state index contributed by atoms with van der Waals surface area (Å²) in [7, 11) is 0. The highest BCUT2D eigenvalue weighted by atomic mass is 35.5. The predicted octanol–water partition coefficient (Wildman–Crippen LogP) is 2.07. The van der Waals surface area contributed by atoms with Crippen LogP contribution in [0.4, 0.5) is 0 Å². The van der Waals surface area contributed by atoms with E-state index in [1.807, 2.05) is 13.8 Å². The quantitative estimate of drug-likeness (QED) is 0.588. The molecule has 12 heavy (non-hydrogen) atoms. The first-order valence-electron chi connectivity index (χ1n) is 3.80. The lowest BCUT2D eigenvalue weighted by atomic mass is 9.86. The molecule has 0 radical (unpaired) electrons. The van der Waals surface area contributed by atoms with Gasteiger partial charge in [-0.1, -0.05) is 13.8 Å². The summed E-state index contributed by atoms with van der Waals surface area (Å²) in [6.45, 7) is 5.38. The summed E-state index contributed by atoms with van der Waals surface area (Å²) >= 11 is 5.38. The fourth-order valence-electron chi connectivity index (χ4n) is 1.68. The Morgan fingerprint density at radius 2 is 2.00 bits per heavy atom. The molecule has 3 heteroatoms. The Bertz CT molecular complexity index is 287. The monoisotopic (exact) mass is 186 g/mol. The normalized spacial score (nSPS) is 21.8. The maximum absolute atomic E-state index is 11.2.